The molecule has 0 saturated heterocycles. The summed E-state index contributed by atoms with van der Waals surface area (Å²) in [4.78, 5) is 0.862. The fourth-order valence-corrected chi connectivity index (χ4v) is 3.32. The molecule has 108 valence electrons. The maximum atomic E-state index is 12.7. The summed E-state index contributed by atoms with van der Waals surface area (Å²) in [5.41, 5.74) is 5.10. The summed E-state index contributed by atoms with van der Waals surface area (Å²) in [6.45, 7) is 0. The Labute approximate surface area is 126 Å². The predicted molar refractivity (Wildman–Crippen MR) is 76.5 cm³/mol. The lowest BCUT2D eigenvalue weighted by Gasteiger charge is -2.15. The molecule has 0 amide bonds. The molecule has 0 spiro atoms. The van der Waals surface area contributed by atoms with E-state index in [9.17, 15) is 18.3 Å². The van der Waals surface area contributed by atoms with Gasteiger partial charge in [0.2, 0.25) is 0 Å². The summed E-state index contributed by atoms with van der Waals surface area (Å²) in [7, 11) is 0. The van der Waals surface area contributed by atoms with Gasteiger partial charge in [0.25, 0.3) is 0 Å². The Morgan fingerprint density at radius 3 is 2.50 bits per heavy atom. The summed E-state index contributed by atoms with van der Waals surface area (Å²) in [6.07, 6.45) is -5.29. The molecule has 3 N–H and O–H groups in total. The van der Waals surface area contributed by atoms with Gasteiger partial charge in [0.1, 0.15) is 0 Å². The van der Waals surface area contributed by atoms with Crippen molar-refractivity contribution in [2.24, 2.45) is 0 Å². The van der Waals surface area contributed by atoms with E-state index in [2.05, 4.69) is 15.9 Å². The van der Waals surface area contributed by atoms with Crippen molar-refractivity contribution in [1.82, 2.24) is 0 Å². The lowest BCUT2D eigenvalue weighted by atomic mass is 10.0. The van der Waals surface area contributed by atoms with Crippen LogP contribution in [0, 0.1) is 0 Å². The topological polar surface area (TPSA) is 46.2 Å². The SMILES string of the molecule is Nc1ccc(C(F)(F)F)cc1C(O)Cc1ccc(Br)s1. The lowest BCUT2D eigenvalue weighted by Crippen LogP contribution is -2.10. The summed E-state index contributed by atoms with van der Waals surface area (Å²) < 4.78 is 38.9. The number of nitrogen functional groups attached to an aromatic ring is 1. The van der Waals surface area contributed by atoms with Crippen LogP contribution in [-0.2, 0) is 12.6 Å². The van der Waals surface area contributed by atoms with Gasteiger partial charge in [-0.1, -0.05) is 0 Å². The minimum Gasteiger partial charge on any atom is -0.398 e. The largest absolute Gasteiger partial charge is 0.416 e. The highest BCUT2D eigenvalue weighted by Gasteiger charge is 2.31. The molecule has 0 radical (unpaired) electrons. The maximum Gasteiger partial charge on any atom is 0.416 e. The van der Waals surface area contributed by atoms with E-state index in [-0.39, 0.29) is 17.7 Å². The van der Waals surface area contributed by atoms with E-state index in [1.54, 1.807) is 0 Å². The molecule has 2 nitrogen and oxygen atoms in total. The molecule has 1 heterocycles. The van der Waals surface area contributed by atoms with E-state index in [0.717, 1.165) is 20.8 Å². The Morgan fingerprint density at radius 2 is 1.95 bits per heavy atom. The van der Waals surface area contributed by atoms with Crippen LogP contribution < -0.4 is 5.73 Å². The number of aliphatic hydroxyl groups excluding tert-OH is 1. The third-order valence-electron chi connectivity index (χ3n) is 2.80. The monoisotopic (exact) mass is 365 g/mol. The normalized spacial score (nSPS) is 13.4. The number of hydrogen-bond acceptors (Lipinski definition) is 3. The molecule has 0 fully saturated rings. The van der Waals surface area contributed by atoms with Gasteiger partial charge in [0.05, 0.1) is 15.5 Å². The predicted octanol–water partition coefficient (Wildman–Crippen LogP) is 4.39. The van der Waals surface area contributed by atoms with Crippen molar-refractivity contribution in [3.63, 3.8) is 0 Å². The van der Waals surface area contributed by atoms with Crippen molar-refractivity contribution in [2.75, 3.05) is 5.73 Å². The molecule has 1 aromatic carbocycles. The average Bonchev–Trinajstić information content (AvgIpc) is 2.73. The molecule has 0 aliphatic rings. The van der Waals surface area contributed by atoms with Gasteiger partial charge in [0.15, 0.2) is 0 Å². The average molecular weight is 366 g/mol. The van der Waals surface area contributed by atoms with Gasteiger partial charge in [-0.15, -0.1) is 11.3 Å². The number of aliphatic hydroxyl groups is 1. The van der Waals surface area contributed by atoms with E-state index in [4.69, 9.17) is 5.73 Å². The van der Waals surface area contributed by atoms with Crippen molar-refractivity contribution in [3.05, 3.63) is 50.1 Å². The number of benzene rings is 1. The van der Waals surface area contributed by atoms with E-state index < -0.39 is 17.8 Å². The zero-order valence-corrected chi connectivity index (χ0v) is 12.5. The van der Waals surface area contributed by atoms with Gasteiger partial charge < -0.3 is 10.8 Å². The number of rotatable bonds is 3. The molecule has 1 aromatic heterocycles. The first-order valence-corrected chi connectivity index (χ1v) is 7.27. The van der Waals surface area contributed by atoms with E-state index >= 15 is 0 Å². The third-order valence-corrected chi connectivity index (χ3v) is 4.44. The fraction of sp³-hybridized carbons (Fsp3) is 0.231. The second-order valence-electron chi connectivity index (χ2n) is 4.27. The van der Waals surface area contributed by atoms with E-state index in [1.165, 1.54) is 17.4 Å². The van der Waals surface area contributed by atoms with Crippen molar-refractivity contribution in [2.45, 2.75) is 18.7 Å². The first-order valence-electron chi connectivity index (χ1n) is 5.66. The highest BCUT2D eigenvalue weighted by atomic mass is 79.9. The van der Waals surface area contributed by atoms with Crippen LogP contribution in [0.25, 0.3) is 0 Å². The number of nitrogens with two attached hydrogens (primary N) is 1. The zero-order valence-electron chi connectivity index (χ0n) is 10.1. The van der Waals surface area contributed by atoms with Crippen molar-refractivity contribution < 1.29 is 18.3 Å². The molecule has 1 atom stereocenters. The fourth-order valence-electron chi connectivity index (χ4n) is 1.80. The number of hydrogen-bond donors (Lipinski definition) is 2. The molecule has 2 aromatic rings. The van der Waals surface area contributed by atoms with Gasteiger partial charge in [-0.2, -0.15) is 13.2 Å². The Bertz CT molecular complexity index is 612. The molecule has 0 bridgehead atoms. The number of alkyl halides is 3. The Kier molecular flexibility index (Phi) is 4.41. The highest BCUT2D eigenvalue weighted by molar-refractivity contribution is 9.11. The molecule has 0 aliphatic carbocycles. The van der Waals surface area contributed by atoms with Crippen LogP contribution in [0.3, 0.4) is 0 Å². The molecular weight excluding hydrogens is 355 g/mol. The van der Waals surface area contributed by atoms with Gasteiger partial charge in [-0.3, -0.25) is 0 Å². The van der Waals surface area contributed by atoms with Crippen LogP contribution in [0.5, 0.6) is 0 Å². The summed E-state index contributed by atoms with van der Waals surface area (Å²) in [5, 5.41) is 10.1. The van der Waals surface area contributed by atoms with Gasteiger partial charge in [-0.25, -0.2) is 0 Å². The van der Waals surface area contributed by atoms with Crippen LogP contribution in [0.4, 0.5) is 18.9 Å². The van der Waals surface area contributed by atoms with Gasteiger partial charge >= 0.3 is 6.18 Å². The lowest BCUT2D eigenvalue weighted by molar-refractivity contribution is -0.137. The Balaban J connectivity index is 2.27. The van der Waals surface area contributed by atoms with E-state index in [1.807, 2.05) is 12.1 Å². The molecule has 2 rings (SSSR count). The Hall–Kier alpha value is -1.05. The van der Waals surface area contributed by atoms with Crippen LogP contribution in [0.1, 0.15) is 22.1 Å². The smallest absolute Gasteiger partial charge is 0.398 e. The third kappa shape index (κ3) is 3.53. The standard InChI is InChI=1S/C13H11BrF3NOS/c14-12-4-2-8(20-12)6-11(19)9-5-7(13(15,16)17)1-3-10(9)18/h1-5,11,19H,6,18H2. The summed E-state index contributed by atoms with van der Waals surface area (Å²) >= 11 is 4.71. The molecular formula is C13H11BrF3NOS. The number of halogens is 4. The van der Waals surface area contributed by atoms with E-state index in [0.29, 0.717) is 0 Å². The van der Waals surface area contributed by atoms with Crippen LogP contribution in [-0.4, -0.2) is 5.11 Å². The number of anilines is 1. The minimum absolute atomic E-state index is 0.101. The van der Waals surface area contributed by atoms with Crippen LogP contribution in [0.15, 0.2) is 34.1 Å². The second-order valence-corrected chi connectivity index (χ2v) is 6.81. The molecule has 0 saturated carbocycles. The molecule has 0 aliphatic heterocycles. The summed E-state index contributed by atoms with van der Waals surface area (Å²) in [5.74, 6) is 0. The first kappa shape index (κ1) is 15.3. The first-order chi connectivity index (χ1) is 9.27. The molecule has 20 heavy (non-hydrogen) atoms. The van der Waals surface area contributed by atoms with Crippen molar-refractivity contribution in [1.29, 1.82) is 0 Å². The van der Waals surface area contributed by atoms with Crippen molar-refractivity contribution >= 4 is 33.0 Å². The zero-order chi connectivity index (χ0) is 14.9. The summed E-state index contributed by atoms with van der Waals surface area (Å²) in [6, 6.07) is 6.62. The molecule has 1 unspecified atom stereocenters. The number of thiophene rings is 1. The quantitative estimate of drug-likeness (QED) is 0.792. The van der Waals surface area contributed by atoms with Gasteiger partial charge in [-0.05, 0) is 46.3 Å². The Morgan fingerprint density at radius 1 is 1.25 bits per heavy atom. The van der Waals surface area contributed by atoms with Crippen LogP contribution in [0.2, 0.25) is 0 Å². The van der Waals surface area contributed by atoms with Gasteiger partial charge in [0, 0.05) is 22.5 Å². The minimum atomic E-state index is -4.45. The second kappa shape index (κ2) is 5.75. The highest BCUT2D eigenvalue weighted by Crippen LogP contribution is 2.34. The van der Waals surface area contributed by atoms with Crippen LogP contribution >= 0.6 is 27.3 Å². The molecule has 7 heteroatoms. The maximum absolute atomic E-state index is 12.7. The van der Waals surface area contributed by atoms with Crippen molar-refractivity contribution in [3.8, 4) is 0 Å².